The number of hydrogen-bond donors (Lipinski definition) is 2. The lowest BCUT2D eigenvalue weighted by atomic mass is 10.1. The Kier molecular flexibility index (Phi) is 8.94. The summed E-state index contributed by atoms with van der Waals surface area (Å²) in [5, 5.41) is 6.03. The smallest absolute Gasteiger partial charge is 0.256 e. The Labute approximate surface area is 173 Å². The summed E-state index contributed by atoms with van der Waals surface area (Å²) in [6, 6.07) is 11.9. The molecule has 28 heavy (non-hydrogen) atoms. The van der Waals surface area contributed by atoms with Gasteiger partial charge in [0.2, 0.25) is 0 Å². The molecule has 0 aliphatic carbocycles. The lowest BCUT2D eigenvalue weighted by molar-refractivity contribution is 0.102. The van der Waals surface area contributed by atoms with Gasteiger partial charge in [-0.2, -0.15) is 0 Å². The first kappa shape index (κ1) is 23.9. The lowest BCUT2D eigenvalue weighted by Gasteiger charge is -2.13. The third kappa shape index (κ3) is 6.82. The van der Waals surface area contributed by atoms with Gasteiger partial charge < -0.3 is 15.4 Å². The van der Waals surface area contributed by atoms with Crippen molar-refractivity contribution in [2.75, 3.05) is 24.7 Å². The number of sulfone groups is 1. The molecule has 0 atom stereocenters. The number of aryl methyl sites for hydroxylation is 1. The van der Waals surface area contributed by atoms with E-state index in [4.69, 9.17) is 4.74 Å². The van der Waals surface area contributed by atoms with E-state index in [1.807, 2.05) is 6.92 Å². The van der Waals surface area contributed by atoms with Crippen LogP contribution in [0.2, 0.25) is 0 Å². The molecule has 0 saturated heterocycles. The van der Waals surface area contributed by atoms with Crippen LogP contribution >= 0.6 is 12.4 Å². The maximum atomic E-state index is 12.5. The minimum Gasteiger partial charge on any atom is -0.492 e. The number of anilines is 1. The molecule has 0 fully saturated rings. The van der Waals surface area contributed by atoms with Crippen molar-refractivity contribution in [3.63, 3.8) is 0 Å². The molecule has 2 aromatic carbocycles. The number of benzene rings is 2. The maximum absolute atomic E-state index is 12.5. The highest BCUT2D eigenvalue weighted by atomic mass is 35.5. The summed E-state index contributed by atoms with van der Waals surface area (Å²) in [6.07, 6.45) is 1.09. The van der Waals surface area contributed by atoms with Crippen LogP contribution in [0.3, 0.4) is 0 Å². The number of hydrogen-bond acceptors (Lipinski definition) is 5. The Morgan fingerprint density at radius 1 is 1.14 bits per heavy atom. The van der Waals surface area contributed by atoms with E-state index in [9.17, 15) is 13.2 Å². The second-order valence-corrected chi connectivity index (χ2v) is 8.64. The molecule has 8 heteroatoms. The fourth-order valence-corrected chi connectivity index (χ4v) is 3.46. The van der Waals surface area contributed by atoms with Crippen LogP contribution in [0.4, 0.5) is 5.69 Å². The van der Waals surface area contributed by atoms with Crippen LogP contribution in [0.5, 0.6) is 5.75 Å². The number of ether oxygens (including phenoxy) is 1. The molecule has 0 spiro atoms. The first-order valence-corrected chi connectivity index (χ1v) is 10.6. The number of halogens is 1. The molecule has 0 aliphatic rings. The molecule has 0 heterocycles. The fourth-order valence-electron chi connectivity index (χ4n) is 2.57. The van der Waals surface area contributed by atoms with Crippen LogP contribution in [0.1, 0.15) is 29.8 Å². The first-order valence-electron chi connectivity index (χ1n) is 8.75. The zero-order valence-corrected chi connectivity index (χ0v) is 18.1. The van der Waals surface area contributed by atoms with E-state index in [2.05, 4.69) is 24.5 Å². The third-order valence-electron chi connectivity index (χ3n) is 3.88. The average molecular weight is 427 g/mol. The summed E-state index contributed by atoms with van der Waals surface area (Å²) in [5.41, 5.74) is 1.58. The molecular formula is C20H27ClN2O4S. The molecule has 0 aliphatic heterocycles. The molecule has 2 N–H and O–H groups in total. The van der Waals surface area contributed by atoms with Gasteiger partial charge in [-0.15, -0.1) is 12.4 Å². The first-order chi connectivity index (χ1) is 12.7. The van der Waals surface area contributed by atoms with E-state index < -0.39 is 15.7 Å². The molecule has 0 radical (unpaired) electrons. The van der Waals surface area contributed by atoms with Crippen molar-refractivity contribution in [1.29, 1.82) is 0 Å². The van der Waals surface area contributed by atoms with Crippen LogP contribution in [0.15, 0.2) is 47.4 Å². The van der Waals surface area contributed by atoms with Crippen molar-refractivity contribution in [2.24, 2.45) is 0 Å². The van der Waals surface area contributed by atoms with Crippen LogP contribution in [0.25, 0.3) is 0 Å². The predicted octanol–water partition coefficient (Wildman–Crippen LogP) is 3.45. The zero-order valence-electron chi connectivity index (χ0n) is 16.5. The van der Waals surface area contributed by atoms with E-state index in [-0.39, 0.29) is 22.9 Å². The summed E-state index contributed by atoms with van der Waals surface area (Å²) in [7, 11) is -3.49. The van der Waals surface area contributed by atoms with Gasteiger partial charge in [0.15, 0.2) is 9.84 Å². The SMILES string of the molecule is Cc1cc(NC(=O)c2ccccc2S(C)(=O)=O)ccc1OCCNC(C)C.Cl. The topological polar surface area (TPSA) is 84.5 Å². The number of carbonyl (C=O) groups excluding carboxylic acids is 1. The Morgan fingerprint density at radius 2 is 1.82 bits per heavy atom. The van der Waals surface area contributed by atoms with Gasteiger partial charge in [0.1, 0.15) is 12.4 Å². The number of nitrogens with one attached hydrogen (secondary N) is 2. The molecule has 154 valence electrons. The van der Waals surface area contributed by atoms with Crippen molar-refractivity contribution in [3.8, 4) is 5.75 Å². The molecule has 2 rings (SSSR count). The van der Waals surface area contributed by atoms with E-state index in [0.717, 1.165) is 24.1 Å². The summed E-state index contributed by atoms with van der Waals surface area (Å²) >= 11 is 0. The van der Waals surface area contributed by atoms with E-state index in [1.165, 1.54) is 12.1 Å². The van der Waals surface area contributed by atoms with Crippen LogP contribution in [-0.2, 0) is 9.84 Å². The summed E-state index contributed by atoms with van der Waals surface area (Å²) in [5.74, 6) is 0.278. The van der Waals surface area contributed by atoms with E-state index >= 15 is 0 Å². The highest BCUT2D eigenvalue weighted by Gasteiger charge is 2.18. The Bertz CT molecular complexity index is 914. The molecule has 6 nitrogen and oxygen atoms in total. The molecular weight excluding hydrogens is 400 g/mol. The molecule has 0 saturated carbocycles. The van der Waals surface area contributed by atoms with Crippen LogP contribution in [-0.4, -0.2) is 39.8 Å². The average Bonchev–Trinajstić information content (AvgIpc) is 2.59. The van der Waals surface area contributed by atoms with Gasteiger partial charge in [-0.3, -0.25) is 4.79 Å². The molecule has 0 unspecified atom stereocenters. The second-order valence-electron chi connectivity index (χ2n) is 6.66. The van der Waals surface area contributed by atoms with Gasteiger partial charge in [-0.25, -0.2) is 8.42 Å². The lowest BCUT2D eigenvalue weighted by Crippen LogP contribution is -2.27. The van der Waals surface area contributed by atoms with Gasteiger partial charge in [-0.1, -0.05) is 26.0 Å². The van der Waals surface area contributed by atoms with E-state index in [1.54, 1.807) is 30.3 Å². The molecule has 1 amide bonds. The quantitative estimate of drug-likeness (QED) is 0.631. The zero-order chi connectivity index (χ0) is 20.0. The van der Waals surface area contributed by atoms with Crippen molar-refractivity contribution in [3.05, 3.63) is 53.6 Å². The molecule has 0 aromatic heterocycles. The fraction of sp³-hybridized carbons (Fsp3) is 0.350. The number of rotatable bonds is 8. The monoisotopic (exact) mass is 426 g/mol. The van der Waals surface area contributed by atoms with Crippen LogP contribution < -0.4 is 15.4 Å². The predicted molar refractivity (Wildman–Crippen MR) is 115 cm³/mol. The number of amides is 1. The Balaban J connectivity index is 0.00000392. The third-order valence-corrected chi connectivity index (χ3v) is 5.03. The van der Waals surface area contributed by atoms with E-state index in [0.29, 0.717) is 18.3 Å². The van der Waals surface area contributed by atoms with Crippen molar-refractivity contribution in [2.45, 2.75) is 31.7 Å². The minimum atomic E-state index is -3.49. The second kappa shape index (κ2) is 10.5. The Hall–Kier alpha value is -2.09. The van der Waals surface area contributed by atoms with Gasteiger partial charge in [0.25, 0.3) is 5.91 Å². The minimum absolute atomic E-state index is 0. The van der Waals surface area contributed by atoms with Crippen LogP contribution in [0, 0.1) is 6.92 Å². The largest absolute Gasteiger partial charge is 0.492 e. The Morgan fingerprint density at radius 3 is 2.43 bits per heavy atom. The van der Waals surface area contributed by atoms with Gasteiger partial charge >= 0.3 is 0 Å². The van der Waals surface area contributed by atoms with Crippen molar-refractivity contribution >= 4 is 33.8 Å². The van der Waals surface area contributed by atoms with Gasteiger partial charge in [0.05, 0.1) is 10.5 Å². The van der Waals surface area contributed by atoms with Gasteiger partial charge in [0, 0.05) is 24.5 Å². The standard InChI is InChI=1S/C20H26N2O4S.ClH/c1-14(2)21-11-12-26-18-10-9-16(13-15(18)3)22-20(23)17-7-5-6-8-19(17)27(4,24)25;/h5-10,13-14,21H,11-12H2,1-4H3,(H,22,23);1H. The highest BCUT2D eigenvalue weighted by Crippen LogP contribution is 2.23. The van der Waals surface area contributed by atoms with Crippen molar-refractivity contribution < 1.29 is 17.9 Å². The molecule has 0 bridgehead atoms. The normalized spacial score (nSPS) is 11.0. The summed E-state index contributed by atoms with van der Waals surface area (Å²) in [4.78, 5) is 12.5. The molecule has 2 aromatic rings. The maximum Gasteiger partial charge on any atom is 0.256 e. The summed E-state index contributed by atoms with van der Waals surface area (Å²) < 4.78 is 29.5. The van der Waals surface area contributed by atoms with Crippen molar-refractivity contribution in [1.82, 2.24) is 5.32 Å². The number of carbonyl (C=O) groups is 1. The van der Waals surface area contributed by atoms with Gasteiger partial charge in [-0.05, 0) is 42.8 Å². The highest BCUT2D eigenvalue weighted by molar-refractivity contribution is 7.90. The summed E-state index contributed by atoms with van der Waals surface area (Å²) in [6.45, 7) is 7.34.